The van der Waals surface area contributed by atoms with E-state index in [1.54, 1.807) is 7.11 Å². The molecule has 1 fully saturated rings. The Balaban J connectivity index is 1.99. The molecule has 1 aliphatic carbocycles. The Labute approximate surface area is 122 Å². The predicted octanol–water partition coefficient (Wildman–Crippen LogP) is 3.76. The molecule has 20 heavy (non-hydrogen) atoms. The van der Waals surface area contributed by atoms with E-state index in [2.05, 4.69) is 18.3 Å². The first-order valence-corrected chi connectivity index (χ1v) is 7.76. The van der Waals surface area contributed by atoms with E-state index >= 15 is 0 Å². The van der Waals surface area contributed by atoms with Gasteiger partial charge in [0.2, 0.25) is 0 Å². The van der Waals surface area contributed by atoms with E-state index in [0.29, 0.717) is 12.6 Å². The fourth-order valence-corrected chi connectivity index (χ4v) is 3.08. The van der Waals surface area contributed by atoms with E-state index in [1.165, 1.54) is 31.2 Å². The molecule has 0 bridgehead atoms. The maximum absolute atomic E-state index is 5.62. The molecular formula is C17H27NO2. The average Bonchev–Trinajstić information content (AvgIpc) is 2.45. The van der Waals surface area contributed by atoms with Crippen molar-refractivity contribution in [1.29, 1.82) is 0 Å². The SMILES string of the molecule is CCOc1cccc(CNC2CCCC(C)C2)c1OC. The molecule has 1 aromatic rings. The first kappa shape index (κ1) is 15.2. The van der Waals surface area contributed by atoms with Gasteiger partial charge >= 0.3 is 0 Å². The fraction of sp³-hybridized carbons (Fsp3) is 0.647. The largest absolute Gasteiger partial charge is 0.493 e. The standard InChI is InChI=1S/C17H27NO2/c1-4-20-16-10-6-8-14(17(16)19-3)12-18-15-9-5-7-13(2)11-15/h6,8,10,13,15,18H,4-5,7,9,11-12H2,1-3H3. The number of methoxy groups -OCH3 is 1. The topological polar surface area (TPSA) is 30.5 Å². The molecule has 0 aliphatic heterocycles. The van der Waals surface area contributed by atoms with Crippen LogP contribution in [0.2, 0.25) is 0 Å². The third kappa shape index (κ3) is 3.89. The Morgan fingerprint density at radius 2 is 2.15 bits per heavy atom. The van der Waals surface area contributed by atoms with Crippen LogP contribution in [-0.2, 0) is 6.54 Å². The van der Waals surface area contributed by atoms with E-state index in [0.717, 1.165) is 24.0 Å². The van der Waals surface area contributed by atoms with Crippen LogP contribution < -0.4 is 14.8 Å². The number of para-hydroxylation sites is 1. The molecule has 0 heterocycles. The lowest BCUT2D eigenvalue weighted by Crippen LogP contribution is -2.33. The molecule has 1 aliphatic rings. The highest BCUT2D eigenvalue weighted by Crippen LogP contribution is 2.31. The van der Waals surface area contributed by atoms with Crippen molar-refractivity contribution in [1.82, 2.24) is 5.32 Å². The van der Waals surface area contributed by atoms with Gasteiger partial charge in [0.05, 0.1) is 13.7 Å². The molecule has 2 unspecified atom stereocenters. The fourth-order valence-electron chi connectivity index (χ4n) is 3.08. The Kier molecular flexibility index (Phi) is 5.72. The van der Waals surface area contributed by atoms with Gasteiger partial charge in [0.1, 0.15) is 0 Å². The molecule has 0 aromatic heterocycles. The zero-order valence-electron chi connectivity index (χ0n) is 12.9. The van der Waals surface area contributed by atoms with Crippen LogP contribution in [0.25, 0.3) is 0 Å². The number of hydrogen-bond donors (Lipinski definition) is 1. The first-order valence-electron chi connectivity index (χ1n) is 7.76. The summed E-state index contributed by atoms with van der Waals surface area (Å²) in [6, 6.07) is 6.75. The third-order valence-electron chi connectivity index (χ3n) is 4.08. The summed E-state index contributed by atoms with van der Waals surface area (Å²) in [7, 11) is 1.71. The van der Waals surface area contributed by atoms with Crippen LogP contribution in [0.3, 0.4) is 0 Å². The van der Waals surface area contributed by atoms with E-state index < -0.39 is 0 Å². The number of nitrogens with one attached hydrogen (secondary N) is 1. The molecule has 0 saturated heterocycles. The zero-order valence-corrected chi connectivity index (χ0v) is 12.9. The lowest BCUT2D eigenvalue weighted by atomic mass is 9.87. The summed E-state index contributed by atoms with van der Waals surface area (Å²) in [5, 5.41) is 3.68. The third-order valence-corrected chi connectivity index (χ3v) is 4.08. The number of hydrogen-bond acceptors (Lipinski definition) is 3. The van der Waals surface area contributed by atoms with Gasteiger partial charge in [0, 0.05) is 18.2 Å². The molecule has 0 spiro atoms. The van der Waals surface area contributed by atoms with Crippen molar-refractivity contribution in [2.45, 2.75) is 52.1 Å². The number of ether oxygens (including phenoxy) is 2. The summed E-state index contributed by atoms with van der Waals surface area (Å²) in [5.74, 6) is 2.55. The zero-order chi connectivity index (χ0) is 14.4. The molecule has 3 heteroatoms. The molecule has 112 valence electrons. The normalized spacial score (nSPS) is 22.6. The van der Waals surface area contributed by atoms with Crippen LogP contribution in [-0.4, -0.2) is 19.8 Å². The second-order valence-corrected chi connectivity index (χ2v) is 5.73. The van der Waals surface area contributed by atoms with Crippen LogP contribution in [0.15, 0.2) is 18.2 Å². The molecular weight excluding hydrogens is 250 g/mol. The minimum atomic E-state index is 0.638. The minimum Gasteiger partial charge on any atom is -0.493 e. The molecule has 1 N–H and O–H groups in total. The Hall–Kier alpha value is -1.22. The van der Waals surface area contributed by atoms with Gasteiger partial charge in [0.15, 0.2) is 11.5 Å². The van der Waals surface area contributed by atoms with Crippen LogP contribution in [0, 0.1) is 5.92 Å². The minimum absolute atomic E-state index is 0.638. The van der Waals surface area contributed by atoms with Crippen LogP contribution in [0.4, 0.5) is 0 Å². The lowest BCUT2D eigenvalue weighted by Gasteiger charge is -2.28. The maximum Gasteiger partial charge on any atom is 0.165 e. The maximum atomic E-state index is 5.62. The summed E-state index contributed by atoms with van der Waals surface area (Å²) >= 11 is 0. The van der Waals surface area contributed by atoms with E-state index in [9.17, 15) is 0 Å². The summed E-state index contributed by atoms with van der Waals surface area (Å²) in [6.45, 7) is 5.85. The Bertz CT molecular complexity index is 419. The van der Waals surface area contributed by atoms with Gasteiger partial charge in [-0.25, -0.2) is 0 Å². The Morgan fingerprint density at radius 3 is 2.85 bits per heavy atom. The lowest BCUT2D eigenvalue weighted by molar-refractivity contribution is 0.294. The Morgan fingerprint density at radius 1 is 1.30 bits per heavy atom. The second-order valence-electron chi connectivity index (χ2n) is 5.73. The summed E-state index contributed by atoms with van der Waals surface area (Å²) in [6.07, 6.45) is 5.29. The van der Waals surface area contributed by atoms with Gasteiger partial charge in [-0.05, 0) is 31.7 Å². The van der Waals surface area contributed by atoms with Crippen molar-refractivity contribution in [3.8, 4) is 11.5 Å². The van der Waals surface area contributed by atoms with Gasteiger partial charge in [-0.3, -0.25) is 0 Å². The van der Waals surface area contributed by atoms with Crippen molar-refractivity contribution >= 4 is 0 Å². The van der Waals surface area contributed by atoms with Gasteiger partial charge in [0.25, 0.3) is 0 Å². The number of benzene rings is 1. The highest BCUT2D eigenvalue weighted by molar-refractivity contribution is 5.46. The average molecular weight is 277 g/mol. The highest BCUT2D eigenvalue weighted by atomic mass is 16.5. The molecule has 0 amide bonds. The van der Waals surface area contributed by atoms with Crippen LogP contribution in [0.1, 0.15) is 45.1 Å². The van der Waals surface area contributed by atoms with Crippen molar-refractivity contribution in [2.24, 2.45) is 5.92 Å². The van der Waals surface area contributed by atoms with Gasteiger partial charge in [-0.15, -0.1) is 0 Å². The molecule has 3 nitrogen and oxygen atoms in total. The van der Waals surface area contributed by atoms with E-state index in [-0.39, 0.29) is 0 Å². The molecule has 1 saturated carbocycles. The predicted molar refractivity (Wildman–Crippen MR) is 82.4 cm³/mol. The highest BCUT2D eigenvalue weighted by Gasteiger charge is 2.19. The summed E-state index contributed by atoms with van der Waals surface area (Å²) in [5.41, 5.74) is 1.18. The first-order chi connectivity index (χ1) is 9.74. The molecule has 0 radical (unpaired) electrons. The van der Waals surface area contributed by atoms with Crippen molar-refractivity contribution < 1.29 is 9.47 Å². The van der Waals surface area contributed by atoms with E-state index in [1.807, 2.05) is 19.1 Å². The summed E-state index contributed by atoms with van der Waals surface area (Å²) < 4.78 is 11.1. The van der Waals surface area contributed by atoms with Crippen molar-refractivity contribution in [3.05, 3.63) is 23.8 Å². The quantitative estimate of drug-likeness (QED) is 0.858. The summed E-state index contributed by atoms with van der Waals surface area (Å²) in [4.78, 5) is 0. The van der Waals surface area contributed by atoms with E-state index in [4.69, 9.17) is 9.47 Å². The van der Waals surface area contributed by atoms with Crippen molar-refractivity contribution in [2.75, 3.05) is 13.7 Å². The monoisotopic (exact) mass is 277 g/mol. The number of rotatable bonds is 6. The van der Waals surface area contributed by atoms with Gasteiger partial charge in [-0.1, -0.05) is 31.9 Å². The second kappa shape index (κ2) is 7.53. The van der Waals surface area contributed by atoms with Crippen LogP contribution in [0.5, 0.6) is 11.5 Å². The van der Waals surface area contributed by atoms with Crippen LogP contribution >= 0.6 is 0 Å². The molecule has 1 aromatic carbocycles. The van der Waals surface area contributed by atoms with Gasteiger partial charge < -0.3 is 14.8 Å². The molecule has 2 rings (SSSR count). The smallest absolute Gasteiger partial charge is 0.165 e. The van der Waals surface area contributed by atoms with Gasteiger partial charge in [-0.2, -0.15) is 0 Å². The molecule has 2 atom stereocenters. The van der Waals surface area contributed by atoms with Crippen molar-refractivity contribution in [3.63, 3.8) is 0 Å².